The molecule has 32 heavy (non-hydrogen) atoms. The summed E-state index contributed by atoms with van der Waals surface area (Å²) in [5.41, 5.74) is 2.73. The summed E-state index contributed by atoms with van der Waals surface area (Å²) in [5, 5.41) is 4.02. The molecule has 0 aliphatic heterocycles. The molecule has 0 aliphatic rings. The third kappa shape index (κ3) is 8.34. The van der Waals surface area contributed by atoms with Crippen molar-refractivity contribution in [3.05, 3.63) is 69.2 Å². The highest BCUT2D eigenvalue weighted by Gasteiger charge is 2.30. The van der Waals surface area contributed by atoms with Crippen molar-refractivity contribution in [2.75, 3.05) is 5.75 Å². The number of carbonyl (C=O) groups excluding carboxylic acids is 2. The molecule has 0 spiro atoms. The highest BCUT2D eigenvalue weighted by molar-refractivity contribution is 7.99. The first-order chi connectivity index (χ1) is 15.0. The zero-order chi connectivity index (χ0) is 23.9. The van der Waals surface area contributed by atoms with Crippen LogP contribution in [0.4, 0.5) is 0 Å². The van der Waals surface area contributed by atoms with Gasteiger partial charge in [0.2, 0.25) is 11.8 Å². The number of hydrogen-bond acceptors (Lipinski definition) is 3. The third-order valence-corrected chi connectivity index (χ3v) is 6.39. The number of carbonyl (C=O) groups is 2. The van der Waals surface area contributed by atoms with Crippen molar-refractivity contribution in [3.8, 4) is 0 Å². The van der Waals surface area contributed by atoms with E-state index in [9.17, 15) is 9.59 Å². The van der Waals surface area contributed by atoms with Crippen LogP contribution in [0.3, 0.4) is 0 Å². The normalized spacial score (nSPS) is 12.3. The summed E-state index contributed by atoms with van der Waals surface area (Å²) in [6.07, 6.45) is 0.501. The molecular formula is C25H32Cl2N2O2S. The van der Waals surface area contributed by atoms with E-state index in [0.717, 1.165) is 11.3 Å². The van der Waals surface area contributed by atoms with Gasteiger partial charge in [0, 0.05) is 27.9 Å². The minimum atomic E-state index is -0.590. The first-order valence-corrected chi connectivity index (χ1v) is 12.6. The minimum Gasteiger partial charge on any atom is -0.350 e. The SMILES string of the molecule is CC[C@H](C(=O)NC(C)(C)C)N(Cc1ccc(Cl)cc1Cl)C(=O)CSCc1cccc(C)c1. The molecule has 0 aliphatic carbocycles. The highest BCUT2D eigenvalue weighted by atomic mass is 35.5. The van der Waals surface area contributed by atoms with Crippen LogP contribution in [0.2, 0.25) is 10.0 Å². The number of thioether (sulfide) groups is 1. The lowest BCUT2D eigenvalue weighted by atomic mass is 10.1. The van der Waals surface area contributed by atoms with Gasteiger partial charge >= 0.3 is 0 Å². The van der Waals surface area contributed by atoms with Crippen LogP contribution in [-0.4, -0.2) is 34.0 Å². The molecule has 0 radical (unpaired) electrons. The van der Waals surface area contributed by atoms with Crippen molar-refractivity contribution in [2.45, 2.75) is 64.9 Å². The van der Waals surface area contributed by atoms with Crippen molar-refractivity contribution in [1.82, 2.24) is 10.2 Å². The molecule has 1 atom stereocenters. The van der Waals surface area contributed by atoms with Crippen molar-refractivity contribution >= 4 is 46.8 Å². The predicted molar refractivity (Wildman–Crippen MR) is 136 cm³/mol. The molecule has 0 fully saturated rings. The molecule has 0 saturated carbocycles. The Kier molecular flexibility index (Phi) is 9.93. The largest absolute Gasteiger partial charge is 0.350 e. The third-order valence-electron chi connectivity index (χ3n) is 4.82. The fourth-order valence-electron chi connectivity index (χ4n) is 3.35. The average molecular weight is 496 g/mol. The second kappa shape index (κ2) is 12.0. The standard InChI is InChI=1S/C25H32Cl2N2O2S/c1-6-22(24(31)28-25(3,4)5)29(14-19-10-11-20(26)13-21(19)27)23(30)16-32-15-18-9-7-8-17(2)12-18/h7-13,22H,6,14-16H2,1-5H3,(H,28,31)/t22-/m1/s1. The number of benzene rings is 2. The van der Waals surface area contributed by atoms with Crippen LogP contribution >= 0.6 is 35.0 Å². The van der Waals surface area contributed by atoms with Gasteiger partial charge in [0.25, 0.3) is 0 Å². The molecule has 4 nitrogen and oxygen atoms in total. The summed E-state index contributed by atoms with van der Waals surface area (Å²) in [4.78, 5) is 28.0. The van der Waals surface area contributed by atoms with Crippen LogP contribution in [0.5, 0.6) is 0 Å². The monoisotopic (exact) mass is 494 g/mol. The van der Waals surface area contributed by atoms with Crippen LogP contribution in [0.15, 0.2) is 42.5 Å². The highest BCUT2D eigenvalue weighted by Crippen LogP contribution is 2.25. The Labute approximate surface area is 206 Å². The van der Waals surface area contributed by atoms with E-state index in [1.54, 1.807) is 34.9 Å². The first-order valence-electron chi connectivity index (χ1n) is 10.7. The van der Waals surface area contributed by atoms with Gasteiger partial charge in [0.15, 0.2) is 0 Å². The Morgan fingerprint density at radius 1 is 1.12 bits per heavy atom. The maximum atomic E-state index is 13.3. The van der Waals surface area contributed by atoms with Crippen LogP contribution in [0.25, 0.3) is 0 Å². The van der Waals surface area contributed by atoms with Crippen LogP contribution in [0.1, 0.15) is 50.8 Å². The quantitative estimate of drug-likeness (QED) is 0.447. The number of hydrogen-bond donors (Lipinski definition) is 1. The molecule has 0 saturated heterocycles. The number of nitrogens with zero attached hydrogens (tertiary/aromatic N) is 1. The van der Waals surface area contributed by atoms with Gasteiger partial charge in [-0.2, -0.15) is 0 Å². The summed E-state index contributed by atoms with van der Waals surface area (Å²) in [6, 6.07) is 12.9. The van der Waals surface area contributed by atoms with Gasteiger partial charge in [0.1, 0.15) is 6.04 Å². The van der Waals surface area contributed by atoms with E-state index in [0.29, 0.717) is 16.5 Å². The molecular weight excluding hydrogens is 463 g/mol. The van der Waals surface area contributed by atoms with Crippen LogP contribution in [-0.2, 0) is 21.9 Å². The average Bonchev–Trinajstić information content (AvgIpc) is 2.68. The second-order valence-corrected chi connectivity index (χ2v) is 10.7. The van der Waals surface area contributed by atoms with E-state index < -0.39 is 11.6 Å². The van der Waals surface area contributed by atoms with E-state index >= 15 is 0 Å². The Morgan fingerprint density at radius 3 is 2.44 bits per heavy atom. The lowest BCUT2D eigenvalue weighted by Crippen LogP contribution is -2.53. The maximum Gasteiger partial charge on any atom is 0.243 e. The summed E-state index contributed by atoms with van der Waals surface area (Å²) in [6.45, 7) is 10.00. The molecule has 0 unspecified atom stereocenters. The second-order valence-electron chi connectivity index (χ2n) is 8.90. The molecule has 2 amide bonds. The minimum absolute atomic E-state index is 0.0930. The molecule has 0 aromatic heterocycles. The zero-order valence-corrected chi connectivity index (χ0v) is 21.7. The number of amides is 2. The molecule has 2 rings (SSSR count). The topological polar surface area (TPSA) is 49.4 Å². The van der Waals surface area contributed by atoms with Crippen molar-refractivity contribution in [1.29, 1.82) is 0 Å². The van der Waals surface area contributed by atoms with E-state index in [4.69, 9.17) is 23.2 Å². The van der Waals surface area contributed by atoms with Gasteiger partial charge in [-0.25, -0.2) is 0 Å². The van der Waals surface area contributed by atoms with Gasteiger partial charge in [-0.05, 0) is 57.4 Å². The molecule has 0 bridgehead atoms. The summed E-state index contributed by atoms with van der Waals surface area (Å²) < 4.78 is 0. The first kappa shape index (κ1) is 26.6. The van der Waals surface area contributed by atoms with E-state index in [1.807, 2.05) is 33.8 Å². The zero-order valence-electron chi connectivity index (χ0n) is 19.4. The van der Waals surface area contributed by atoms with Gasteiger partial charge in [-0.3, -0.25) is 9.59 Å². The molecule has 1 N–H and O–H groups in total. The van der Waals surface area contributed by atoms with Crippen LogP contribution < -0.4 is 5.32 Å². The number of halogens is 2. The number of nitrogens with one attached hydrogen (secondary N) is 1. The van der Waals surface area contributed by atoms with Crippen molar-refractivity contribution in [3.63, 3.8) is 0 Å². The molecule has 0 heterocycles. The Morgan fingerprint density at radius 2 is 1.84 bits per heavy atom. The lowest BCUT2D eigenvalue weighted by molar-refractivity contribution is -0.140. The molecule has 2 aromatic carbocycles. The van der Waals surface area contributed by atoms with Crippen molar-refractivity contribution in [2.24, 2.45) is 0 Å². The van der Waals surface area contributed by atoms with Gasteiger partial charge in [-0.1, -0.05) is 66.0 Å². The van der Waals surface area contributed by atoms with E-state index in [2.05, 4.69) is 30.4 Å². The van der Waals surface area contributed by atoms with Crippen LogP contribution in [0, 0.1) is 6.92 Å². The Bertz CT molecular complexity index is 944. The summed E-state index contributed by atoms with van der Waals surface area (Å²) in [5.74, 6) is 0.749. The van der Waals surface area contributed by atoms with Gasteiger partial charge < -0.3 is 10.2 Å². The molecule has 7 heteroatoms. The smallest absolute Gasteiger partial charge is 0.243 e. The number of aryl methyl sites for hydroxylation is 1. The molecule has 2 aromatic rings. The van der Waals surface area contributed by atoms with Gasteiger partial charge in [0.05, 0.1) is 5.75 Å². The van der Waals surface area contributed by atoms with E-state index in [1.165, 1.54) is 11.1 Å². The number of rotatable bonds is 9. The fraction of sp³-hybridized carbons (Fsp3) is 0.440. The maximum absolute atomic E-state index is 13.3. The predicted octanol–water partition coefficient (Wildman–Crippen LogP) is 6.26. The fourth-order valence-corrected chi connectivity index (χ4v) is 4.67. The lowest BCUT2D eigenvalue weighted by Gasteiger charge is -2.33. The Hall–Kier alpha value is -1.69. The van der Waals surface area contributed by atoms with Gasteiger partial charge in [-0.15, -0.1) is 11.8 Å². The molecule has 174 valence electrons. The van der Waals surface area contributed by atoms with Crippen molar-refractivity contribution < 1.29 is 9.59 Å². The van der Waals surface area contributed by atoms with E-state index in [-0.39, 0.29) is 24.1 Å². The summed E-state index contributed by atoms with van der Waals surface area (Å²) >= 11 is 14.0. The summed E-state index contributed by atoms with van der Waals surface area (Å²) in [7, 11) is 0. The Balaban J connectivity index is 2.20.